The first-order chi connectivity index (χ1) is 7.02. The van der Waals surface area contributed by atoms with Gasteiger partial charge in [-0.15, -0.1) is 0 Å². The number of nitrogen functional groups attached to an aromatic ring is 1. The number of aromatic nitrogens is 2. The third kappa shape index (κ3) is 1.95. The smallest absolute Gasteiger partial charge is 0.360 e. The quantitative estimate of drug-likeness (QED) is 0.767. The zero-order valence-electron chi connectivity index (χ0n) is 9.57. The van der Waals surface area contributed by atoms with E-state index in [1.54, 1.807) is 0 Å². The molecule has 0 saturated heterocycles. The van der Waals surface area contributed by atoms with Gasteiger partial charge in [-0.1, -0.05) is 6.92 Å². The van der Waals surface area contributed by atoms with Crippen molar-refractivity contribution >= 4 is 11.8 Å². The van der Waals surface area contributed by atoms with Crippen LogP contribution in [0.5, 0.6) is 0 Å². The average Bonchev–Trinajstić information content (AvgIpc) is 2.54. The highest BCUT2D eigenvalue weighted by Gasteiger charge is 2.21. The molecule has 1 heterocycles. The van der Waals surface area contributed by atoms with Crippen LogP contribution in [0.3, 0.4) is 0 Å². The van der Waals surface area contributed by atoms with E-state index < -0.39 is 5.97 Å². The van der Waals surface area contributed by atoms with Crippen LogP contribution in [0, 0.1) is 0 Å². The van der Waals surface area contributed by atoms with Crippen LogP contribution < -0.4 is 5.73 Å². The second-order valence-corrected chi connectivity index (χ2v) is 3.57. The minimum atomic E-state index is -0.485. The van der Waals surface area contributed by atoms with Crippen LogP contribution in [0.1, 0.15) is 43.1 Å². The number of aryl methyl sites for hydroxylation is 1. The van der Waals surface area contributed by atoms with Gasteiger partial charge in [0.2, 0.25) is 0 Å². The number of nitrogens with zero attached hydrogens (tertiary/aromatic N) is 2. The number of nitrogens with two attached hydrogens (primary N) is 1. The third-order valence-corrected chi connectivity index (χ3v) is 2.23. The summed E-state index contributed by atoms with van der Waals surface area (Å²) in [6.07, 6.45) is 0.735. The summed E-state index contributed by atoms with van der Waals surface area (Å²) in [4.78, 5) is 15.5. The summed E-state index contributed by atoms with van der Waals surface area (Å²) >= 11 is 0. The number of anilines is 1. The molecule has 0 saturated carbocycles. The Balaban J connectivity index is 3.28. The summed E-state index contributed by atoms with van der Waals surface area (Å²) in [7, 11) is 1.32. The lowest BCUT2D eigenvalue weighted by Crippen LogP contribution is -2.10. The van der Waals surface area contributed by atoms with Gasteiger partial charge in [0.1, 0.15) is 11.6 Å². The van der Waals surface area contributed by atoms with Gasteiger partial charge in [-0.2, -0.15) is 0 Å². The molecule has 1 aromatic heterocycles. The SMILES string of the molecule is CCc1nc(C(=O)OC)c(N)n1C(C)C. The number of carbonyl (C=O) groups excluding carboxylic acids is 1. The number of ether oxygens (including phenoxy) is 1. The fraction of sp³-hybridized carbons (Fsp3) is 0.600. The predicted octanol–water partition coefficient (Wildman–Crippen LogP) is 1.40. The van der Waals surface area contributed by atoms with Gasteiger partial charge < -0.3 is 15.0 Å². The number of methoxy groups -OCH3 is 1. The van der Waals surface area contributed by atoms with Crippen molar-refractivity contribution in [3.05, 3.63) is 11.5 Å². The fourth-order valence-corrected chi connectivity index (χ4v) is 1.57. The molecule has 0 amide bonds. The van der Waals surface area contributed by atoms with Crippen molar-refractivity contribution in [3.63, 3.8) is 0 Å². The van der Waals surface area contributed by atoms with Crippen LogP contribution in [-0.4, -0.2) is 22.6 Å². The van der Waals surface area contributed by atoms with E-state index in [1.165, 1.54) is 7.11 Å². The molecule has 0 fully saturated rings. The second-order valence-electron chi connectivity index (χ2n) is 3.57. The fourth-order valence-electron chi connectivity index (χ4n) is 1.57. The molecule has 1 aromatic rings. The van der Waals surface area contributed by atoms with Crippen LogP contribution in [0.4, 0.5) is 5.82 Å². The van der Waals surface area contributed by atoms with Gasteiger partial charge in [-0.3, -0.25) is 0 Å². The molecule has 0 bridgehead atoms. The Morgan fingerprint density at radius 1 is 1.60 bits per heavy atom. The maximum absolute atomic E-state index is 11.4. The Morgan fingerprint density at radius 2 is 2.20 bits per heavy atom. The molecule has 15 heavy (non-hydrogen) atoms. The van der Waals surface area contributed by atoms with Gasteiger partial charge >= 0.3 is 5.97 Å². The molecule has 0 aliphatic heterocycles. The van der Waals surface area contributed by atoms with Crippen LogP contribution in [0.15, 0.2) is 0 Å². The summed E-state index contributed by atoms with van der Waals surface area (Å²) in [6, 6.07) is 0.186. The lowest BCUT2D eigenvalue weighted by molar-refractivity contribution is 0.0595. The van der Waals surface area contributed by atoms with E-state index in [1.807, 2.05) is 25.3 Å². The number of carbonyl (C=O) groups is 1. The van der Waals surface area contributed by atoms with E-state index in [4.69, 9.17) is 5.73 Å². The molecular formula is C10H17N3O2. The summed E-state index contributed by atoms with van der Waals surface area (Å²) in [5, 5.41) is 0. The summed E-state index contributed by atoms with van der Waals surface area (Å²) in [6.45, 7) is 5.97. The molecule has 2 N–H and O–H groups in total. The van der Waals surface area contributed by atoms with Crippen molar-refractivity contribution in [2.24, 2.45) is 0 Å². The van der Waals surface area contributed by atoms with Gasteiger partial charge in [0, 0.05) is 12.5 Å². The number of esters is 1. The van der Waals surface area contributed by atoms with Crippen LogP contribution in [0.25, 0.3) is 0 Å². The van der Waals surface area contributed by atoms with Gasteiger partial charge in [0.15, 0.2) is 5.69 Å². The first-order valence-corrected chi connectivity index (χ1v) is 4.97. The van der Waals surface area contributed by atoms with E-state index in [0.29, 0.717) is 5.82 Å². The minimum Gasteiger partial charge on any atom is -0.464 e. The highest BCUT2D eigenvalue weighted by Crippen LogP contribution is 2.21. The van der Waals surface area contributed by atoms with Crippen molar-refractivity contribution in [1.29, 1.82) is 0 Å². The molecule has 0 unspecified atom stereocenters. The molecule has 0 aliphatic carbocycles. The monoisotopic (exact) mass is 211 g/mol. The van der Waals surface area contributed by atoms with E-state index in [0.717, 1.165) is 12.2 Å². The molecule has 0 aliphatic rings. The van der Waals surface area contributed by atoms with Gasteiger partial charge in [0.25, 0.3) is 0 Å². The number of rotatable bonds is 3. The van der Waals surface area contributed by atoms with Gasteiger partial charge in [-0.05, 0) is 13.8 Å². The van der Waals surface area contributed by atoms with Crippen molar-refractivity contribution in [2.45, 2.75) is 33.2 Å². The van der Waals surface area contributed by atoms with Crippen LogP contribution in [-0.2, 0) is 11.2 Å². The van der Waals surface area contributed by atoms with Crippen molar-refractivity contribution in [3.8, 4) is 0 Å². The predicted molar refractivity (Wildman–Crippen MR) is 57.7 cm³/mol. The van der Waals surface area contributed by atoms with Crippen LogP contribution in [0.2, 0.25) is 0 Å². The highest BCUT2D eigenvalue weighted by atomic mass is 16.5. The standard InChI is InChI=1S/C10H17N3O2/c1-5-7-12-8(10(14)15-4)9(11)13(7)6(2)3/h6H,5,11H2,1-4H3. The lowest BCUT2D eigenvalue weighted by Gasteiger charge is -2.12. The molecule has 0 spiro atoms. The molecular weight excluding hydrogens is 194 g/mol. The maximum Gasteiger partial charge on any atom is 0.360 e. The number of imidazole rings is 1. The molecule has 0 atom stereocenters. The van der Waals surface area contributed by atoms with E-state index in [2.05, 4.69) is 9.72 Å². The Labute approximate surface area is 89.2 Å². The lowest BCUT2D eigenvalue weighted by atomic mass is 10.3. The highest BCUT2D eigenvalue weighted by molar-refractivity contribution is 5.92. The zero-order chi connectivity index (χ0) is 11.6. The maximum atomic E-state index is 11.4. The molecule has 1 rings (SSSR count). The molecule has 0 aromatic carbocycles. The summed E-state index contributed by atoms with van der Waals surface area (Å²) in [5.41, 5.74) is 6.07. The van der Waals surface area contributed by atoms with Gasteiger partial charge in [-0.25, -0.2) is 9.78 Å². The largest absolute Gasteiger partial charge is 0.464 e. The minimum absolute atomic E-state index is 0.186. The first-order valence-electron chi connectivity index (χ1n) is 4.97. The second kappa shape index (κ2) is 4.33. The molecule has 84 valence electrons. The Kier molecular flexibility index (Phi) is 3.34. The average molecular weight is 211 g/mol. The molecule has 5 nitrogen and oxygen atoms in total. The van der Waals surface area contributed by atoms with E-state index in [-0.39, 0.29) is 11.7 Å². The van der Waals surface area contributed by atoms with Crippen molar-refractivity contribution in [1.82, 2.24) is 9.55 Å². The van der Waals surface area contributed by atoms with Crippen molar-refractivity contribution in [2.75, 3.05) is 12.8 Å². The van der Waals surface area contributed by atoms with Gasteiger partial charge in [0.05, 0.1) is 7.11 Å². The Morgan fingerprint density at radius 3 is 2.53 bits per heavy atom. The Hall–Kier alpha value is -1.52. The summed E-state index contributed by atoms with van der Waals surface area (Å²) in [5.74, 6) is 0.707. The number of hydrogen-bond acceptors (Lipinski definition) is 4. The normalized spacial score (nSPS) is 10.7. The molecule has 0 radical (unpaired) electrons. The molecule has 5 heteroatoms. The zero-order valence-corrected chi connectivity index (χ0v) is 9.57. The van der Waals surface area contributed by atoms with Crippen LogP contribution >= 0.6 is 0 Å². The topological polar surface area (TPSA) is 70.1 Å². The van der Waals surface area contributed by atoms with Crippen molar-refractivity contribution < 1.29 is 9.53 Å². The first kappa shape index (κ1) is 11.6. The Bertz CT molecular complexity index is 369. The van der Waals surface area contributed by atoms with E-state index in [9.17, 15) is 4.79 Å². The van der Waals surface area contributed by atoms with E-state index >= 15 is 0 Å². The third-order valence-electron chi connectivity index (χ3n) is 2.23. The number of hydrogen-bond donors (Lipinski definition) is 1. The summed E-state index contributed by atoms with van der Waals surface area (Å²) < 4.78 is 6.47.